The standard InChI is InChI=1S/C24H32N4O/c1-25-24(27-17-22-15-21-9-5-6-10-23(21)29-22)26-16-20-12-14-28(18-20)13-11-19-7-3-2-4-8-19/h2-10,20,22H,11-18H2,1H3,(H2,25,26,27). The molecule has 2 unspecified atom stereocenters. The molecule has 2 N–H and O–H groups in total. The first-order valence-corrected chi connectivity index (χ1v) is 10.8. The molecule has 0 aliphatic carbocycles. The summed E-state index contributed by atoms with van der Waals surface area (Å²) in [7, 11) is 1.83. The van der Waals surface area contributed by atoms with Gasteiger partial charge in [-0.15, -0.1) is 0 Å². The summed E-state index contributed by atoms with van der Waals surface area (Å²) in [6, 6.07) is 19.1. The van der Waals surface area contributed by atoms with Crippen molar-refractivity contribution in [2.45, 2.75) is 25.4 Å². The molecule has 0 amide bonds. The molecule has 29 heavy (non-hydrogen) atoms. The number of benzene rings is 2. The van der Waals surface area contributed by atoms with E-state index in [-0.39, 0.29) is 6.10 Å². The molecule has 1 fully saturated rings. The minimum Gasteiger partial charge on any atom is -0.488 e. The Morgan fingerprint density at radius 2 is 1.86 bits per heavy atom. The maximum Gasteiger partial charge on any atom is 0.191 e. The van der Waals surface area contributed by atoms with Gasteiger partial charge in [-0.25, -0.2) is 0 Å². The zero-order chi connectivity index (χ0) is 19.9. The van der Waals surface area contributed by atoms with Crippen molar-refractivity contribution >= 4 is 5.96 Å². The molecule has 2 atom stereocenters. The van der Waals surface area contributed by atoms with Crippen LogP contribution in [0.5, 0.6) is 5.75 Å². The number of nitrogens with zero attached hydrogens (tertiary/aromatic N) is 2. The molecular weight excluding hydrogens is 360 g/mol. The largest absolute Gasteiger partial charge is 0.488 e. The van der Waals surface area contributed by atoms with E-state index in [1.807, 2.05) is 19.2 Å². The zero-order valence-corrected chi connectivity index (χ0v) is 17.3. The molecule has 1 saturated heterocycles. The van der Waals surface area contributed by atoms with Gasteiger partial charge in [0.15, 0.2) is 5.96 Å². The lowest BCUT2D eigenvalue weighted by Crippen LogP contribution is -2.44. The highest BCUT2D eigenvalue weighted by molar-refractivity contribution is 5.79. The smallest absolute Gasteiger partial charge is 0.191 e. The molecule has 5 heteroatoms. The number of para-hydroxylation sites is 1. The Labute approximate surface area is 174 Å². The molecule has 0 bridgehead atoms. The van der Waals surface area contributed by atoms with Gasteiger partial charge in [0.1, 0.15) is 11.9 Å². The van der Waals surface area contributed by atoms with Gasteiger partial charge in [0, 0.05) is 33.1 Å². The van der Waals surface area contributed by atoms with E-state index >= 15 is 0 Å². The number of ether oxygens (including phenoxy) is 1. The highest BCUT2D eigenvalue weighted by Crippen LogP contribution is 2.27. The molecule has 2 aliphatic rings. The van der Waals surface area contributed by atoms with Crippen LogP contribution in [-0.2, 0) is 12.8 Å². The zero-order valence-electron chi connectivity index (χ0n) is 17.3. The van der Waals surface area contributed by atoms with Gasteiger partial charge in [0.25, 0.3) is 0 Å². The Hall–Kier alpha value is -2.53. The number of fused-ring (bicyclic) bond motifs is 1. The number of likely N-dealkylation sites (tertiary alicyclic amines) is 1. The molecule has 4 rings (SSSR count). The van der Waals surface area contributed by atoms with Crippen molar-refractivity contribution in [2.24, 2.45) is 10.9 Å². The molecular formula is C24H32N4O. The van der Waals surface area contributed by atoms with Crippen LogP contribution in [0.25, 0.3) is 0 Å². The van der Waals surface area contributed by atoms with Crippen molar-refractivity contribution in [3.05, 3.63) is 65.7 Å². The van der Waals surface area contributed by atoms with Gasteiger partial charge in [0.2, 0.25) is 0 Å². The predicted octanol–water partition coefficient (Wildman–Crippen LogP) is 2.72. The van der Waals surface area contributed by atoms with E-state index in [1.165, 1.54) is 24.1 Å². The van der Waals surface area contributed by atoms with E-state index in [9.17, 15) is 0 Å². The maximum absolute atomic E-state index is 6.01. The Morgan fingerprint density at radius 3 is 2.69 bits per heavy atom. The van der Waals surface area contributed by atoms with Crippen molar-refractivity contribution in [1.29, 1.82) is 0 Å². The fourth-order valence-corrected chi connectivity index (χ4v) is 4.25. The summed E-state index contributed by atoms with van der Waals surface area (Å²) in [5.74, 6) is 2.56. The van der Waals surface area contributed by atoms with E-state index in [2.05, 4.69) is 63.0 Å². The first-order valence-electron chi connectivity index (χ1n) is 10.8. The number of guanidine groups is 1. The maximum atomic E-state index is 6.01. The molecule has 2 aromatic carbocycles. The van der Waals surface area contributed by atoms with Crippen LogP contribution < -0.4 is 15.4 Å². The van der Waals surface area contributed by atoms with Gasteiger partial charge in [0.05, 0.1) is 6.54 Å². The topological polar surface area (TPSA) is 48.9 Å². The van der Waals surface area contributed by atoms with E-state index < -0.39 is 0 Å². The van der Waals surface area contributed by atoms with Gasteiger partial charge in [-0.2, -0.15) is 0 Å². The molecule has 0 spiro atoms. The first kappa shape index (κ1) is 19.8. The van der Waals surface area contributed by atoms with Crippen LogP contribution in [-0.4, -0.2) is 56.7 Å². The van der Waals surface area contributed by atoms with Crippen LogP contribution in [0.1, 0.15) is 17.5 Å². The average Bonchev–Trinajstić information content (AvgIpc) is 3.39. The van der Waals surface area contributed by atoms with E-state index in [1.54, 1.807) is 0 Å². The van der Waals surface area contributed by atoms with Crippen molar-refractivity contribution in [3.63, 3.8) is 0 Å². The fraction of sp³-hybridized carbons (Fsp3) is 0.458. The van der Waals surface area contributed by atoms with E-state index in [4.69, 9.17) is 4.74 Å². The third kappa shape index (κ3) is 5.51. The second-order valence-electron chi connectivity index (χ2n) is 8.08. The summed E-state index contributed by atoms with van der Waals surface area (Å²) >= 11 is 0. The molecule has 154 valence electrons. The molecule has 0 saturated carbocycles. The van der Waals surface area contributed by atoms with Crippen molar-refractivity contribution < 1.29 is 4.74 Å². The number of rotatable bonds is 7. The highest BCUT2D eigenvalue weighted by Gasteiger charge is 2.24. The summed E-state index contributed by atoms with van der Waals surface area (Å²) in [4.78, 5) is 6.96. The molecule has 0 radical (unpaired) electrons. The van der Waals surface area contributed by atoms with Crippen molar-refractivity contribution in [2.75, 3.05) is 39.8 Å². The SMILES string of the molecule is CN=C(NCC1CCN(CCc2ccccc2)C1)NCC1Cc2ccccc2O1. The van der Waals surface area contributed by atoms with Crippen molar-refractivity contribution in [3.8, 4) is 5.75 Å². The lowest BCUT2D eigenvalue weighted by Gasteiger charge is -2.18. The van der Waals surface area contributed by atoms with Crippen LogP contribution in [0.15, 0.2) is 59.6 Å². The Kier molecular flexibility index (Phi) is 6.67. The quantitative estimate of drug-likeness (QED) is 0.562. The van der Waals surface area contributed by atoms with Gasteiger partial charge in [-0.05, 0) is 42.5 Å². The fourth-order valence-electron chi connectivity index (χ4n) is 4.25. The summed E-state index contributed by atoms with van der Waals surface area (Å²) in [6.45, 7) is 5.24. The Balaban J connectivity index is 1.14. The molecule has 5 nitrogen and oxygen atoms in total. The Morgan fingerprint density at radius 1 is 1.07 bits per heavy atom. The number of aliphatic imine (C=N–C) groups is 1. The van der Waals surface area contributed by atoms with E-state index in [0.29, 0.717) is 5.92 Å². The first-order chi connectivity index (χ1) is 14.3. The third-order valence-electron chi connectivity index (χ3n) is 5.92. The van der Waals surface area contributed by atoms with E-state index in [0.717, 1.165) is 50.7 Å². The van der Waals surface area contributed by atoms with Gasteiger partial charge in [-0.1, -0.05) is 48.5 Å². The number of nitrogens with one attached hydrogen (secondary N) is 2. The van der Waals surface area contributed by atoms with Gasteiger partial charge < -0.3 is 20.3 Å². The van der Waals surface area contributed by atoms with Crippen LogP contribution >= 0.6 is 0 Å². The predicted molar refractivity (Wildman–Crippen MR) is 119 cm³/mol. The van der Waals surface area contributed by atoms with Gasteiger partial charge in [-0.3, -0.25) is 4.99 Å². The molecule has 2 aromatic rings. The second-order valence-corrected chi connectivity index (χ2v) is 8.08. The van der Waals surface area contributed by atoms with Crippen molar-refractivity contribution in [1.82, 2.24) is 15.5 Å². The lowest BCUT2D eigenvalue weighted by atomic mass is 10.1. The monoisotopic (exact) mass is 392 g/mol. The normalized spacial score (nSPS) is 21.6. The average molecular weight is 393 g/mol. The van der Waals surface area contributed by atoms with Crippen LogP contribution in [0, 0.1) is 5.92 Å². The highest BCUT2D eigenvalue weighted by atomic mass is 16.5. The van der Waals surface area contributed by atoms with Crippen LogP contribution in [0.2, 0.25) is 0 Å². The minimum atomic E-state index is 0.172. The Bertz CT molecular complexity index is 783. The summed E-state index contributed by atoms with van der Waals surface area (Å²) in [6.07, 6.45) is 3.51. The lowest BCUT2D eigenvalue weighted by molar-refractivity contribution is 0.235. The summed E-state index contributed by atoms with van der Waals surface area (Å²) in [5.41, 5.74) is 2.72. The number of hydrogen-bond donors (Lipinski definition) is 2. The third-order valence-corrected chi connectivity index (χ3v) is 5.92. The summed E-state index contributed by atoms with van der Waals surface area (Å²) < 4.78 is 6.01. The number of hydrogen-bond acceptors (Lipinski definition) is 3. The molecule has 2 aliphatic heterocycles. The van der Waals surface area contributed by atoms with Crippen LogP contribution in [0.4, 0.5) is 0 Å². The minimum absolute atomic E-state index is 0.172. The summed E-state index contributed by atoms with van der Waals surface area (Å²) in [5, 5.41) is 6.94. The van der Waals surface area contributed by atoms with Gasteiger partial charge >= 0.3 is 0 Å². The second kappa shape index (κ2) is 9.79. The van der Waals surface area contributed by atoms with Crippen LogP contribution in [0.3, 0.4) is 0 Å². The molecule has 0 aromatic heterocycles. The molecule has 2 heterocycles.